The van der Waals surface area contributed by atoms with Gasteiger partial charge in [-0.1, -0.05) is 62.9 Å². The maximum atomic E-state index is 13.5. The molecule has 0 aliphatic carbocycles. The van der Waals surface area contributed by atoms with E-state index in [2.05, 4.69) is 10.6 Å². The van der Waals surface area contributed by atoms with E-state index in [0.717, 1.165) is 60.7 Å². The van der Waals surface area contributed by atoms with Crippen molar-refractivity contribution in [3.8, 4) is 0 Å². The standard InChI is InChI=1S/C31H39ClFN3O4S2/c1-21(2)18-26(35-31(38)28-19-22-10-5-6-13-27(22)41-28)30(37)34-16-8-3-4-11-24-12-7-9-17-36(24)42(39,40)29-15-14-23(33)20-25(29)32/h5-6,10,13-15,19-21,24,26H,3-4,7-9,11-12,16-18H2,1-2H3,(H,34,37)(H,35,38)/t24?,26-/m0/s1. The fraction of sp³-hybridized carbons (Fsp3) is 0.484. The van der Waals surface area contributed by atoms with Crippen molar-refractivity contribution in [3.05, 3.63) is 64.2 Å². The fourth-order valence-corrected chi connectivity index (χ4v) is 8.63. The van der Waals surface area contributed by atoms with Gasteiger partial charge in [0.25, 0.3) is 5.91 Å². The first-order valence-corrected chi connectivity index (χ1v) is 17.2. The Morgan fingerprint density at radius 1 is 1.10 bits per heavy atom. The summed E-state index contributed by atoms with van der Waals surface area (Å²) in [5, 5.41) is 6.80. The Morgan fingerprint density at radius 3 is 2.62 bits per heavy atom. The number of benzene rings is 2. The molecule has 7 nitrogen and oxygen atoms in total. The zero-order chi connectivity index (χ0) is 30.3. The molecule has 0 spiro atoms. The summed E-state index contributed by atoms with van der Waals surface area (Å²) in [6.45, 7) is 4.93. The molecule has 11 heteroatoms. The van der Waals surface area contributed by atoms with E-state index in [9.17, 15) is 22.4 Å². The molecule has 2 N–H and O–H groups in total. The van der Waals surface area contributed by atoms with Gasteiger partial charge >= 0.3 is 0 Å². The Labute approximate surface area is 256 Å². The predicted molar refractivity (Wildman–Crippen MR) is 167 cm³/mol. The molecule has 2 aromatic carbocycles. The average molecular weight is 636 g/mol. The van der Waals surface area contributed by atoms with Crippen molar-refractivity contribution < 1.29 is 22.4 Å². The molecule has 0 radical (unpaired) electrons. The highest BCUT2D eigenvalue weighted by molar-refractivity contribution is 7.89. The highest BCUT2D eigenvalue weighted by Crippen LogP contribution is 2.32. The van der Waals surface area contributed by atoms with Crippen molar-refractivity contribution in [1.82, 2.24) is 14.9 Å². The first kappa shape index (κ1) is 32.4. The van der Waals surface area contributed by atoms with Crippen LogP contribution in [0, 0.1) is 11.7 Å². The molecular weight excluding hydrogens is 597 g/mol. The van der Waals surface area contributed by atoms with Crippen LogP contribution in [0.1, 0.15) is 74.9 Å². The van der Waals surface area contributed by atoms with Crippen molar-refractivity contribution in [3.63, 3.8) is 0 Å². The van der Waals surface area contributed by atoms with E-state index in [-0.39, 0.29) is 33.7 Å². The summed E-state index contributed by atoms with van der Waals surface area (Å²) in [4.78, 5) is 26.5. The van der Waals surface area contributed by atoms with Crippen molar-refractivity contribution in [2.45, 2.75) is 82.2 Å². The lowest BCUT2D eigenvalue weighted by molar-refractivity contribution is -0.123. The van der Waals surface area contributed by atoms with Crippen molar-refractivity contribution in [2.24, 2.45) is 5.92 Å². The number of hydrogen-bond donors (Lipinski definition) is 2. The van der Waals surface area contributed by atoms with Crippen LogP contribution in [-0.4, -0.2) is 49.7 Å². The Bertz CT molecular complexity index is 1460. The van der Waals surface area contributed by atoms with Crippen LogP contribution in [0.4, 0.5) is 4.39 Å². The number of nitrogens with zero attached hydrogens (tertiary/aromatic N) is 1. The van der Waals surface area contributed by atoms with Crippen molar-refractivity contribution in [2.75, 3.05) is 13.1 Å². The molecule has 1 fully saturated rings. The molecule has 1 aliphatic heterocycles. The zero-order valence-electron chi connectivity index (χ0n) is 24.1. The molecule has 0 bridgehead atoms. The topological polar surface area (TPSA) is 95.6 Å². The van der Waals surface area contributed by atoms with Gasteiger partial charge in [-0.25, -0.2) is 12.8 Å². The molecule has 2 amide bonds. The minimum atomic E-state index is -3.83. The smallest absolute Gasteiger partial charge is 0.262 e. The molecule has 1 aliphatic rings. The molecule has 3 aromatic rings. The normalized spacial score (nSPS) is 16.9. The summed E-state index contributed by atoms with van der Waals surface area (Å²) in [5.74, 6) is -0.789. The molecule has 2 atom stereocenters. The van der Waals surface area contributed by atoms with E-state index in [1.54, 1.807) is 0 Å². The number of nitrogens with one attached hydrogen (secondary N) is 2. The lowest BCUT2D eigenvalue weighted by Crippen LogP contribution is -2.47. The molecule has 4 rings (SSSR count). The Kier molecular flexibility index (Phi) is 11.4. The first-order valence-electron chi connectivity index (χ1n) is 14.6. The van der Waals surface area contributed by atoms with E-state index < -0.39 is 21.9 Å². The third-order valence-electron chi connectivity index (χ3n) is 7.55. The second-order valence-electron chi connectivity index (χ2n) is 11.3. The molecule has 1 saturated heterocycles. The minimum Gasteiger partial charge on any atom is -0.354 e. The van der Waals surface area contributed by atoms with Crippen LogP contribution in [0.2, 0.25) is 5.02 Å². The van der Waals surface area contributed by atoms with Gasteiger partial charge in [-0.2, -0.15) is 4.31 Å². The second kappa shape index (κ2) is 14.8. The molecule has 228 valence electrons. The van der Waals surface area contributed by atoms with Gasteiger partial charge < -0.3 is 10.6 Å². The maximum Gasteiger partial charge on any atom is 0.262 e. The average Bonchev–Trinajstić information content (AvgIpc) is 3.39. The van der Waals surface area contributed by atoms with E-state index >= 15 is 0 Å². The van der Waals surface area contributed by atoms with Gasteiger partial charge in [-0.05, 0) is 73.7 Å². The van der Waals surface area contributed by atoms with Gasteiger partial charge in [-0.15, -0.1) is 11.3 Å². The van der Waals surface area contributed by atoms with Gasteiger partial charge in [0.1, 0.15) is 16.8 Å². The largest absolute Gasteiger partial charge is 0.354 e. The summed E-state index contributed by atoms with van der Waals surface area (Å²) in [5.41, 5.74) is 0. The van der Waals surface area contributed by atoms with E-state index in [1.165, 1.54) is 21.7 Å². The fourth-order valence-electron chi connectivity index (χ4n) is 5.43. The van der Waals surface area contributed by atoms with Crippen molar-refractivity contribution >= 4 is 54.9 Å². The number of thiophene rings is 1. The van der Waals surface area contributed by atoms with Gasteiger partial charge in [0.2, 0.25) is 15.9 Å². The second-order valence-corrected chi connectivity index (χ2v) is 14.6. The number of sulfonamides is 1. The van der Waals surface area contributed by atoms with E-state index in [4.69, 9.17) is 11.6 Å². The number of unbranched alkanes of at least 4 members (excludes halogenated alkanes) is 2. The Balaban J connectivity index is 1.25. The summed E-state index contributed by atoms with van der Waals surface area (Å²) in [6, 6.07) is 12.3. The monoisotopic (exact) mass is 635 g/mol. The van der Waals surface area contributed by atoms with Crippen LogP contribution >= 0.6 is 22.9 Å². The number of amides is 2. The Hall–Kier alpha value is -2.53. The number of fused-ring (bicyclic) bond motifs is 1. The third-order valence-corrected chi connectivity index (χ3v) is 11.1. The number of rotatable bonds is 13. The number of carbonyl (C=O) groups excluding carboxylic acids is 2. The molecular formula is C31H39ClFN3O4S2. The number of halogens is 2. The first-order chi connectivity index (χ1) is 20.1. The van der Waals surface area contributed by atoms with Gasteiger partial charge in [0.05, 0.1) is 9.90 Å². The molecule has 0 saturated carbocycles. The van der Waals surface area contributed by atoms with Crippen molar-refractivity contribution in [1.29, 1.82) is 0 Å². The summed E-state index contributed by atoms with van der Waals surface area (Å²) < 4.78 is 42.7. The van der Waals surface area contributed by atoms with Crippen LogP contribution in [-0.2, 0) is 14.8 Å². The van der Waals surface area contributed by atoms with Gasteiger partial charge in [0.15, 0.2) is 0 Å². The molecule has 1 aromatic heterocycles. The van der Waals surface area contributed by atoms with Crippen LogP contribution in [0.5, 0.6) is 0 Å². The number of hydrogen-bond acceptors (Lipinski definition) is 5. The maximum absolute atomic E-state index is 13.5. The van der Waals surface area contributed by atoms with Gasteiger partial charge in [0, 0.05) is 23.8 Å². The van der Waals surface area contributed by atoms with Crippen LogP contribution in [0.3, 0.4) is 0 Å². The number of piperidine rings is 1. The van der Waals surface area contributed by atoms with E-state index in [0.29, 0.717) is 30.8 Å². The number of carbonyl (C=O) groups is 2. The quantitative estimate of drug-likeness (QED) is 0.203. The van der Waals surface area contributed by atoms with E-state index in [1.807, 2.05) is 44.2 Å². The summed E-state index contributed by atoms with van der Waals surface area (Å²) in [7, 11) is -3.83. The summed E-state index contributed by atoms with van der Waals surface area (Å²) in [6.07, 6.45) is 6.11. The third kappa shape index (κ3) is 8.30. The highest BCUT2D eigenvalue weighted by Gasteiger charge is 2.34. The van der Waals surface area contributed by atoms with Gasteiger partial charge in [-0.3, -0.25) is 9.59 Å². The lowest BCUT2D eigenvalue weighted by atomic mass is 9.99. The molecule has 2 heterocycles. The lowest BCUT2D eigenvalue weighted by Gasteiger charge is -2.35. The van der Waals surface area contributed by atoms with Crippen LogP contribution in [0.15, 0.2) is 53.4 Å². The minimum absolute atomic E-state index is 0.0597. The predicted octanol–water partition coefficient (Wildman–Crippen LogP) is 6.76. The SMILES string of the molecule is CC(C)C[C@H](NC(=O)c1cc2ccccc2s1)C(=O)NCCCCCC1CCCCN1S(=O)(=O)c1ccc(F)cc1Cl. The zero-order valence-corrected chi connectivity index (χ0v) is 26.5. The molecule has 42 heavy (non-hydrogen) atoms. The molecule has 1 unspecified atom stereocenters. The highest BCUT2D eigenvalue weighted by atomic mass is 35.5. The van der Waals surface area contributed by atoms with Crippen LogP contribution < -0.4 is 10.6 Å². The summed E-state index contributed by atoms with van der Waals surface area (Å²) >= 11 is 7.50. The van der Waals surface area contributed by atoms with Crippen LogP contribution in [0.25, 0.3) is 10.1 Å². The Morgan fingerprint density at radius 2 is 1.88 bits per heavy atom.